The molecule has 0 bridgehead atoms. The van der Waals surface area contributed by atoms with Crippen LogP contribution >= 0.6 is 0 Å². The summed E-state index contributed by atoms with van der Waals surface area (Å²) in [5.74, 6) is 0. The molecule has 0 fully saturated rings. The number of aryl methyl sites for hydroxylation is 1. The first-order chi connectivity index (χ1) is 5.33. The Labute approximate surface area is 66.4 Å². The van der Waals surface area contributed by atoms with E-state index in [0.717, 1.165) is 5.56 Å². The van der Waals surface area contributed by atoms with Crippen molar-refractivity contribution >= 4 is 0 Å². The van der Waals surface area contributed by atoms with Gasteiger partial charge >= 0.3 is 0 Å². The monoisotopic (exact) mass is 152 g/mol. The summed E-state index contributed by atoms with van der Waals surface area (Å²) < 4.78 is 4.83. The largest absolute Gasteiger partial charge is 0.371 e. The minimum absolute atomic E-state index is 0.214. The Morgan fingerprint density at radius 1 is 1.45 bits per heavy atom. The highest BCUT2D eigenvalue weighted by atomic mass is 16.6. The van der Waals surface area contributed by atoms with Crippen LogP contribution in [-0.4, -0.2) is 11.9 Å². The van der Waals surface area contributed by atoms with Crippen LogP contribution in [0.5, 0.6) is 0 Å². The zero-order chi connectivity index (χ0) is 8.10. The lowest BCUT2D eigenvalue weighted by atomic mass is 10.1. The van der Waals surface area contributed by atoms with Gasteiger partial charge in [-0.2, -0.15) is 0 Å². The van der Waals surface area contributed by atoms with Crippen LogP contribution in [0.2, 0.25) is 0 Å². The molecule has 1 aromatic rings. The molecular formula is C9H12O2. The third-order valence-corrected chi connectivity index (χ3v) is 1.44. The number of hydrogen-bond donors (Lipinski definition) is 1. The summed E-state index contributed by atoms with van der Waals surface area (Å²) in [4.78, 5) is 0. The van der Waals surface area contributed by atoms with Crippen molar-refractivity contribution < 1.29 is 9.84 Å². The van der Waals surface area contributed by atoms with Gasteiger partial charge in [0.25, 0.3) is 0 Å². The number of aliphatic hydroxyl groups excluding tert-OH is 1. The predicted molar refractivity (Wildman–Crippen MR) is 43.1 cm³/mol. The lowest BCUT2D eigenvalue weighted by Gasteiger charge is -2.00. The Hall–Kier alpha value is -0.860. The van der Waals surface area contributed by atoms with Crippen molar-refractivity contribution in [2.24, 2.45) is 0 Å². The highest BCUT2D eigenvalue weighted by molar-refractivity contribution is 5.21. The summed E-state index contributed by atoms with van der Waals surface area (Å²) >= 11 is 0. The molecule has 1 aromatic carbocycles. The number of ether oxygens (including phenoxy) is 1. The van der Waals surface area contributed by atoms with Crippen molar-refractivity contribution in [1.82, 2.24) is 0 Å². The second-order valence-corrected chi connectivity index (χ2v) is 2.47. The molecule has 0 spiro atoms. The number of benzene rings is 1. The Morgan fingerprint density at radius 2 is 2.27 bits per heavy atom. The van der Waals surface area contributed by atoms with E-state index in [1.165, 1.54) is 5.56 Å². The van der Waals surface area contributed by atoms with Crippen LogP contribution in [0.15, 0.2) is 24.3 Å². The van der Waals surface area contributed by atoms with E-state index in [-0.39, 0.29) is 6.79 Å². The van der Waals surface area contributed by atoms with E-state index >= 15 is 0 Å². The van der Waals surface area contributed by atoms with E-state index in [4.69, 9.17) is 9.84 Å². The molecule has 2 heteroatoms. The zero-order valence-corrected chi connectivity index (χ0v) is 6.58. The first-order valence-corrected chi connectivity index (χ1v) is 3.57. The summed E-state index contributed by atoms with van der Waals surface area (Å²) in [5.41, 5.74) is 2.31. The molecule has 0 saturated carbocycles. The number of rotatable bonds is 3. The van der Waals surface area contributed by atoms with Crippen LogP contribution in [0.25, 0.3) is 0 Å². The molecule has 0 aliphatic rings. The van der Waals surface area contributed by atoms with Crippen LogP contribution in [-0.2, 0) is 11.3 Å². The van der Waals surface area contributed by atoms with Gasteiger partial charge < -0.3 is 9.84 Å². The molecular weight excluding hydrogens is 140 g/mol. The third kappa shape index (κ3) is 2.70. The zero-order valence-electron chi connectivity index (χ0n) is 6.58. The molecule has 0 saturated heterocycles. The highest BCUT2D eigenvalue weighted by Gasteiger charge is 1.91. The van der Waals surface area contributed by atoms with Gasteiger partial charge in [-0.1, -0.05) is 29.8 Å². The van der Waals surface area contributed by atoms with Crippen molar-refractivity contribution in [3.05, 3.63) is 35.4 Å². The maximum absolute atomic E-state index is 8.37. The smallest absolute Gasteiger partial charge is 0.144 e. The van der Waals surface area contributed by atoms with Gasteiger partial charge in [-0.05, 0) is 12.5 Å². The van der Waals surface area contributed by atoms with Gasteiger partial charge in [0.05, 0.1) is 6.61 Å². The Kier molecular flexibility index (Phi) is 3.08. The van der Waals surface area contributed by atoms with Crippen molar-refractivity contribution in [3.8, 4) is 0 Å². The molecule has 0 heterocycles. The Morgan fingerprint density at radius 3 is 2.91 bits per heavy atom. The first kappa shape index (κ1) is 8.24. The van der Waals surface area contributed by atoms with Crippen molar-refractivity contribution in [2.45, 2.75) is 13.5 Å². The SMILES string of the molecule is Cc1cccc(COCO)c1. The van der Waals surface area contributed by atoms with E-state index in [2.05, 4.69) is 0 Å². The number of hydrogen-bond acceptors (Lipinski definition) is 2. The second kappa shape index (κ2) is 4.11. The van der Waals surface area contributed by atoms with Crippen LogP contribution in [0.3, 0.4) is 0 Å². The molecule has 0 unspecified atom stereocenters. The van der Waals surface area contributed by atoms with Crippen LogP contribution < -0.4 is 0 Å². The van der Waals surface area contributed by atoms with E-state index < -0.39 is 0 Å². The van der Waals surface area contributed by atoms with Crippen molar-refractivity contribution in [1.29, 1.82) is 0 Å². The van der Waals surface area contributed by atoms with E-state index in [1.54, 1.807) is 0 Å². The fourth-order valence-electron chi connectivity index (χ4n) is 0.965. The summed E-state index contributed by atoms with van der Waals surface area (Å²) in [5, 5.41) is 8.37. The summed E-state index contributed by atoms with van der Waals surface area (Å²) in [6.07, 6.45) is 0. The second-order valence-electron chi connectivity index (χ2n) is 2.47. The Balaban J connectivity index is 2.56. The molecule has 0 amide bonds. The predicted octanol–water partition coefficient (Wildman–Crippen LogP) is 1.46. The normalized spacial score (nSPS) is 10.0. The van der Waals surface area contributed by atoms with Gasteiger partial charge in [0, 0.05) is 0 Å². The van der Waals surface area contributed by atoms with Crippen LogP contribution in [0.1, 0.15) is 11.1 Å². The van der Waals surface area contributed by atoms with Gasteiger partial charge in [0.2, 0.25) is 0 Å². The van der Waals surface area contributed by atoms with Crippen molar-refractivity contribution in [3.63, 3.8) is 0 Å². The molecule has 11 heavy (non-hydrogen) atoms. The van der Waals surface area contributed by atoms with Crippen LogP contribution in [0.4, 0.5) is 0 Å². The quantitative estimate of drug-likeness (QED) is 0.664. The summed E-state index contributed by atoms with van der Waals surface area (Å²) in [7, 11) is 0. The molecule has 1 N–H and O–H groups in total. The van der Waals surface area contributed by atoms with Gasteiger partial charge in [0.1, 0.15) is 6.79 Å². The molecule has 2 nitrogen and oxygen atoms in total. The maximum atomic E-state index is 8.37. The third-order valence-electron chi connectivity index (χ3n) is 1.44. The van der Waals surface area contributed by atoms with E-state index in [0.29, 0.717) is 6.61 Å². The standard InChI is InChI=1S/C9H12O2/c1-8-3-2-4-9(5-8)6-11-7-10/h2-5,10H,6-7H2,1H3. The van der Waals surface area contributed by atoms with Crippen LogP contribution in [0, 0.1) is 6.92 Å². The van der Waals surface area contributed by atoms with E-state index in [9.17, 15) is 0 Å². The van der Waals surface area contributed by atoms with Gasteiger partial charge in [-0.15, -0.1) is 0 Å². The molecule has 0 aromatic heterocycles. The average Bonchev–Trinajstić information content (AvgIpc) is 2.01. The molecule has 0 radical (unpaired) electrons. The summed E-state index contributed by atoms with van der Waals surface area (Å²) in [6, 6.07) is 8.02. The maximum Gasteiger partial charge on any atom is 0.144 e. The molecule has 0 aliphatic heterocycles. The highest BCUT2D eigenvalue weighted by Crippen LogP contribution is 2.04. The molecule has 60 valence electrons. The Bertz CT molecular complexity index is 221. The molecule has 0 aliphatic carbocycles. The first-order valence-electron chi connectivity index (χ1n) is 3.57. The van der Waals surface area contributed by atoms with Crippen molar-refractivity contribution in [2.75, 3.05) is 6.79 Å². The van der Waals surface area contributed by atoms with Gasteiger partial charge in [0.15, 0.2) is 0 Å². The molecule has 1 rings (SSSR count). The van der Waals surface area contributed by atoms with Gasteiger partial charge in [-0.3, -0.25) is 0 Å². The lowest BCUT2D eigenvalue weighted by molar-refractivity contribution is -0.0112. The number of aliphatic hydroxyl groups is 1. The minimum atomic E-state index is -0.214. The van der Waals surface area contributed by atoms with E-state index in [1.807, 2.05) is 31.2 Å². The summed E-state index contributed by atoms with van der Waals surface area (Å²) in [6.45, 7) is 2.30. The lowest BCUT2D eigenvalue weighted by Crippen LogP contribution is -1.93. The minimum Gasteiger partial charge on any atom is -0.371 e. The average molecular weight is 152 g/mol. The fourth-order valence-corrected chi connectivity index (χ4v) is 0.965. The topological polar surface area (TPSA) is 29.5 Å². The fraction of sp³-hybridized carbons (Fsp3) is 0.333. The van der Waals surface area contributed by atoms with Gasteiger partial charge in [-0.25, -0.2) is 0 Å². The molecule has 0 atom stereocenters.